The van der Waals surface area contributed by atoms with E-state index in [-0.39, 0.29) is 30.7 Å². The van der Waals surface area contributed by atoms with Crippen molar-refractivity contribution in [3.63, 3.8) is 0 Å². The van der Waals surface area contributed by atoms with Crippen molar-refractivity contribution in [2.75, 3.05) is 44.2 Å². The third kappa shape index (κ3) is 7.69. The molecule has 2 aromatic rings. The minimum atomic E-state index is 0. The first-order chi connectivity index (χ1) is 14.1. The maximum atomic E-state index is 13.1. The molecule has 1 fully saturated rings. The summed E-state index contributed by atoms with van der Waals surface area (Å²) < 4.78 is 0. The van der Waals surface area contributed by atoms with Crippen LogP contribution in [0.1, 0.15) is 36.2 Å². The third-order valence-corrected chi connectivity index (χ3v) is 5.66. The fraction of sp³-hybridized carbons (Fsp3) is 0.458. The monoisotopic (exact) mass is 466 g/mol. The van der Waals surface area contributed by atoms with Crippen molar-refractivity contribution in [1.82, 2.24) is 9.80 Å². The van der Waals surface area contributed by atoms with Gasteiger partial charge in [-0.15, -0.1) is 24.8 Å². The van der Waals surface area contributed by atoms with E-state index >= 15 is 0 Å². The molecule has 1 saturated heterocycles. The van der Waals surface area contributed by atoms with Gasteiger partial charge in [-0.1, -0.05) is 30.3 Å². The Labute approximate surface area is 199 Å². The Kier molecular flexibility index (Phi) is 11.9. The highest BCUT2D eigenvalue weighted by atomic mass is 35.5. The van der Waals surface area contributed by atoms with Gasteiger partial charge < -0.3 is 15.5 Å². The van der Waals surface area contributed by atoms with E-state index in [2.05, 4.69) is 47.9 Å². The highest BCUT2D eigenvalue weighted by molar-refractivity contribution is 5.94. The maximum absolute atomic E-state index is 13.1. The molecule has 0 aliphatic carbocycles. The molecule has 31 heavy (non-hydrogen) atoms. The molecule has 2 N–H and O–H groups in total. The molecule has 0 radical (unpaired) electrons. The van der Waals surface area contributed by atoms with E-state index in [4.69, 9.17) is 5.73 Å². The van der Waals surface area contributed by atoms with Gasteiger partial charge in [0.05, 0.1) is 0 Å². The van der Waals surface area contributed by atoms with E-state index in [1.807, 2.05) is 35.2 Å². The van der Waals surface area contributed by atoms with Gasteiger partial charge in [0, 0.05) is 56.6 Å². The van der Waals surface area contributed by atoms with E-state index in [1.165, 1.54) is 5.69 Å². The topological polar surface area (TPSA) is 52.8 Å². The number of anilines is 1. The molecule has 0 spiro atoms. The molecule has 3 rings (SSSR count). The molecule has 0 bridgehead atoms. The van der Waals surface area contributed by atoms with Gasteiger partial charge in [0.25, 0.3) is 5.91 Å². The first-order valence-electron chi connectivity index (χ1n) is 10.7. The van der Waals surface area contributed by atoms with Crippen LogP contribution in [0.4, 0.5) is 5.69 Å². The molecule has 0 aromatic heterocycles. The van der Waals surface area contributed by atoms with Crippen molar-refractivity contribution in [2.24, 2.45) is 5.73 Å². The second kappa shape index (κ2) is 13.6. The van der Waals surface area contributed by atoms with Crippen LogP contribution in [0.3, 0.4) is 0 Å². The number of carbonyl (C=O) groups is 1. The quantitative estimate of drug-likeness (QED) is 0.637. The standard InChI is InChI=1S/C24H34N4O.2ClH/c1-20(2)26-15-17-27(18-16-26)23-11-9-22(10-12-23)24(29)28(14-6-13-25)19-21-7-4-3-5-8-21;;/h3-5,7-12,20H,6,13-19,25H2,1-2H3;2*1H. The number of carbonyl (C=O) groups excluding carboxylic acids is 1. The molecule has 0 saturated carbocycles. The lowest BCUT2D eigenvalue weighted by Gasteiger charge is -2.38. The SMILES string of the molecule is CC(C)N1CCN(c2ccc(C(=O)N(CCCN)Cc3ccccc3)cc2)CC1.Cl.Cl. The molecule has 1 aliphatic rings. The first-order valence-corrected chi connectivity index (χ1v) is 10.7. The van der Waals surface area contributed by atoms with Crippen molar-refractivity contribution in [1.29, 1.82) is 0 Å². The predicted molar refractivity (Wildman–Crippen MR) is 135 cm³/mol. The molecule has 5 nitrogen and oxygen atoms in total. The van der Waals surface area contributed by atoms with E-state index < -0.39 is 0 Å². The summed E-state index contributed by atoms with van der Waals surface area (Å²) in [7, 11) is 0. The Morgan fingerprint density at radius 2 is 1.58 bits per heavy atom. The molecular formula is C24H36Cl2N4O. The molecule has 1 aliphatic heterocycles. The first kappa shape index (κ1) is 27.2. The van der Waals surface area contributed by atoms with Gasteiger partial charge in [-0.2, -0.15) is 0 Å². The van der Waals surface area contributed by atoms with Gasteiger partial charge in [-0.25, -0.2) is 0 Å². The fourth-order valence-corrected chi connectivity index (χ4v) is 3.83. The van der Waals surface area contributed by atoms with Crippen LogP contribution in [-0.4, -0.2) is 61.0 Å². The number of rotatable bonds is 8. The number of halogens is 2. The van der Waals surface area contributed by atoms with Crippen LogP contribution < -0.4 is 10.6 Å². The van der Waals surface area contributed by atoms with E-state index in [9.17, 15) is 4.79 Å². The molecule has 1 amide bonds. The van der Waals surface area contributed by atoms with Gasteiger partial charge >= 0.3 is 0 Å². The summed E-state index contributed by atoms with van der Waals surface area (Å²) in [5.41, 5.74) is 8.76. The van der Waals surface area contributed by atoms with Crippen molar-refractivity contribution >= 4 is 36.4 Å². The zero-order valence-electron chi connectivity index (χ0n) is 18.6. The molecule has 2 aromatic carbocycles. The molecule has 1 heterocycles. The lowest BCUT2D eigenvalue weighted by Crippen LogP contribution is -2.48. The van der Waals surface area contributed by atoms with Gasteiger partial charge in [0.15, 0.2) is 0 Å². The number of benzene rings is 2. The third-order valence-electron chi connectivity index (χ3n) is 5.66. The largest absolute Gasteiger partial charge is 0.369 e. The van der Waals surface area contributed by atoms with Crippen LogP contribution in [0.25, 0.3) is 0 Å². The predicted octanol–water partition coefficient (Wildman–Crippen LogP) is 4.05. The molecule has 0 unspecified atom stereocenters. The Morgan fingerprint density at radius 3 is 2.13 bits per heavy atom. The lowest BCUT2D eigenvalue weighted by molar-refractivity contribution is 0.0742. The normalized spacial score (nSPS) is 14.0. The van der Waals surface area contributed by atoms with Crippen LogP contribution in [0, 0.1) is 0 Å². The number of hydrogen-bond acceptors (Lipinski definition) is 4. The van der Waals surface area contributed by atoms with Gasteiger partial charge in [-0.05, 0) is 56.6 Å². The summed E-state index contributed by atoms with van der Waals surface area (Å²) in [5, 5.41) is 0. The molecule has 0 atom stereocenters. The van der Waals surface area contributed by atoms with Crippen molar-refractivity contribution in [2.45, 2.75) is 32.9 Å². The van der Waals surface area contributed by atoms with Crippen LogP contribution in [0.2, 0.25) is 0 Å². The number of piperazine rings is 1. The average Bonchev–Trinajstić information content (AvgIpc) is 2.77. The summed E-state index contributed by atoms with van der Waals surface area (Å²) in [5.74, 6) is 0.0680. The smallest absolute Gasteiger partial charge is 0.254 e. The summed E-state index contributed by atoms with van der Waals surface area (Å²) >= 11 is 0. The number of hydrogen-bond donors (Lipinski definition) is 1. The van der Waals surface area contributed by atoms with Gasteiger partial charge in [0.2, 0.25) is 0 Å². The van der Waals surface area contributed by atoms with Crippen molar-refractivity contribution < 1.29 is 4.79 Å². The van der Waals surface area contributed by atoms with Crippen LogP contribution >= 0.6 is 24.8 Å². The molecular weight excluding hydrogens is 431 g/mol. The van der Waals surface area contributed by atoms with E-state index in [0.717, 1.165) is 43.7 Å². The zero-order chi connectivity index (χ0) is 20.6. The Morgan fingerprint density at radius 1 is 0.968 bits per heavy atom. The Bertz CT molecular complexity index is 763. The minimum Gasteiger partial charge on any atom is -0.369 e. The van der Waals surface area contributed by atoms with Crippen LogP contribution in [0.15, 0.2) is 54.6 Å². The van der Waals surface area contributed by atoms with Crippen molar-refractivity contribution in [3.05, 3.63) is 65.7 Å². The minimum absolute atomic E-state index is 0. The van der Waals surface area contributed by atoms with Crippen LogP contribution in [-0.2, 0) is 6.54 Å². The average molecular weight is 467 g/mol. The van der Waals surface area contributed by atoms with Gasteiger partial charge in [-0.3, -0.25) is 9.69 Å². The zero-order valence-corrected chi connectivity index (χ0v) is 20.2. The second-order valence-corrected chi connectivity index (χ2v) is 8.02. The maximum Gasteiger partial charge on any atom is 0.254 e. The molecule has 7 heteroatoms. The summed E-state index contributed by atoms with van der Waals surface area (Å²) in [4.78, 5) is 19.9. The summed E-state index contributed by atoms with van der Waals surface area (Å²) in [6.07, 6.45) is 0.802. The van der Waals surface area contributed by atoms with Gasteiger partial charge in [0.1, 0.15) is 0 Å². The Balaban J connectivity index is 0.00000240. The number of nitrogens with zero attached hydrogens (tertiary/aromatic N) is 3. The summed E-state index contributed by atoms with van der Waals surface area (Å²) in [6, 6.07) is 18.8. The van der Waals surface area contributed by atoms with Crippen LogP contribution in [0.5, 0.6) is 0 Å². The molecule has 172 valence electrons. The van der Waals surface area contributed by atoms with E-state index in [1.54, 1.807) is 0 Å². The second-order valence-electron chi connectivity index (χ2n) is 8.02. The Hall–Kier alpha value is -1.79. The van der Waals surface area contributed by atoms with Crippen molar-refractivity contribution in [3.8, 4) is 0 Å². The number of nitrogens with two attached hydrogens (primary N) is 1. The highest BCUT2D eigenvalue weighted by Crippen LogP contribution is 2.19. The highest BCUT2D eigenvalue weighted by Gasteiger charge is 2.20. The fourth-order valence-electron chi connectivity index (χ4n) is 3.83. The van der Waals surface area contributed by atoms with E-state index in [0.29, 0.717) is 25.7 Å². The lowest BCUT2D eigenvalue weighted by atomic mass is 10.1. The number of amides is 1. The summed E-state index contributed by atoms with van der Waals surface area (Å²) in [6.45, 7) is 10.6.